The Hall–Kier alpha value is -2.28. The highest BCUT2D eigenvalue weighted by atomic mass is 35.5. The van der Waals surface area contributed by atoms with Gasteiger partial charge in [-0.05, 0) is 32.9 Å². The Bertz CT molecular complexity index is 1020. The topological polar surface area (TPSA) is 153 Å². The van der Waals surface area contributed by atoms with Crippen molar-refractivity contribution >= 4 is 37.3 Å². The molecule has 12 nitrogen and oxygen atoms in total. The molecule has 0 radical (unpaired) electrons. The van der Waals surface area contributed by atoms with Gasteiger partial charge in [-0.15, -0.1) is 0 Å². The van der Waals surface area contributed by atoms with Gasteiger partial charge in [-0.3, -0.25) is 24.3 Å². The second kappa shape index (κ2) is 11.4. The number of para-hydroxylation sites is 1. The van der Waals surface area contributed by atoms with E-state index < -0.39 is 68.0 Å². The van der Waals surface area contributed by atoms with Crippen molar-refractivity contribution in [2.75, 3.05) is 13.2 Å². The van der Waals surface area contributed by atoms with Crippen LogP contribution in [0.4, 0.5) is 9.18 Å². The summed E-state index contributed by atoms with van der Waals surface area (Å²) in [4.78, 5) is 36.6. The van der Waals surface area contributed by atoms with Gasteiger partial charge in [0.25, 0.3) is 5.13 Å². The summed E-state index contributed by atoms with van der Waals surface area (Å²) >= 11 is 5.89. The molecule has 6 atom stereocenters. The first kappa shape index (κ1) is 28.3. The Morgan fingerprint density at radius 2 is 2.03 bits per heavy atom. The quantitative estimate of drug-likeness (QED) is 0.224. The Kier molecular flexibility index (Phi) is 8.97. The zero-order chi connectivity index (χ0) is 26.7. The zero-order valence-electron chi connectivity index (χ0n) is 19.8. The van der Waals surface area contributed by atoms with Crippen molar-refractivity contribution < 1.29 is 47.0 Å². The highest BCUT2D eigenvalue weighted by Crippen LogP contribution is 2.47. The fraction of sp³-hybridized carbons (Fsp3) is 0.571. The number of carbonyl (C=O) groups is 3. The molecule has 2 fully saturated rings. The van der Waals surface area contributed by atoms with Gasteiger partial charge >= 0.3 is 19.7 Å². The SMILES string of the molecule is CC(C)OC(=O)[C@H](C)NP(=O)(OC[C@H]1O[C@@H](N2CCC(=O)NC2=O)[C@@](F)(Cl)[C@@H]1O)Oc1ccccc1. The molecule has 36 heavy (non-hydrogen) atoms. The van der Waals surface area contributed by atoms with Crippen molar-refractivity contribution in [2.45, 2.75) is 62.9 Å². The molecule has 1 unspecified atom stereocenters. The van der Waals surface area contributed by atoms with Gasteiger partial charge in [-0.2, -0.15) is 5.09 Å². The van der Waals surface area contributed by atoms with E-state index in [0.717, 1.165) is 4.90 Å². The van der Waals surface area contributed by atoms with Crippen LogP contribution in [0.5, 0.6) is 5.75 Å². The fourth-order valence-electron chi connectivity index (χ4n) is 3.44. The van der Waals surface area contributed by atoms with Crippen LogP contribution in [0.1, 0.15) is 27.2 Å². The predicted octanol–water partition coefficient (Wildman–Crippen LogP) is 2.05. The van der Waals surface area contributed by atoms with Crippen LogP contribution in [0.25, 0.3) is 0 Å². The van der Waals surface area contributed by atoms with Crippen LogP contribution in [0.2, 0.25) is 0 Å². The second-order valence-electron chi connectivity index (χ2n) is 8.48. The van der Waals surface area contributed by atoms with Crippen LogP contribution in [0.3, 0.4) is 0 Å². The summed E-state index contributed by atoms with van der Waals surface area (Å²) in [5.41, 5.74) is 0. The maximum atomic E-state index is 15.2. The molecular weight excluding hydrogens is 524 g/mol. The number of rotatable bonds is 10. The van der Waals surface area contributed by atoms with Gasteiger partial charge in [-0.1, -0.05) is 29.8 Å². The Morgan fingerprint density at radius 3 is 2.64 bits per heavy atom. The number of alkyl halides is 2. The number of aliphatic hydroxyl groups is 1. The number of nitrogens with one attached hydrogen (secondary N) is 2. The summed E-state index contributed by atoms with van der Waals surface area (Å²) in [5, 5.41) is 12.0. The third-order valence-corrected chi connectivity index (χ3v) is 7.24. The average molecular weight is 552 g/mol. The first-order chi connectivity index (χ1) is 16.8. The number of aliphatic hydroxyl groups excluding tert-OH is 1. The Morgan fingerprint density at radius 1 is 1.36 bits per heavy atom. The maximum Gasteiger partial charge on any atom is 0.459 e. The number of imide groups is 1. The summed E-state index contributed by atoms with van der Waals surface area (Å²) in [7, 11) is -4.33. The van der Waals surface area contributed by atoms with E-state index in [1.807, 2.05) is 5.32 Å². The summed E-state index contributed by atoms with van der Waals surface area (Å²) in [6.45, 7) is 3.77. The minimum atomic E-state index is -4.33. The standard InChI is InChI=1S/C21H28ClFN3O9P/c1-12(2)33-18(29)13(3)25-36(31,35-14-7-5-4-6-8-14)32-11-15-17(28)21(22,23)19(34-15)26-10-9-16(27)24-20(26)30/h4-8,12-13,15,17,19,28H,9-11H2,1-3H3,(H,25,31)(H,24,27,30)/t13-,15+,17+,19+,21+,36?/m0/s1. The van der Waals surface area contributed by atoms with Gasteiger partial charge in [0.05, 0.1) is 12.7 Å². The molecule has 2 heterocycles. The molecule has 2 saturated heterocycles. The van der Waals surface area contributed by atoms with E-state index in [4.69, 9.17) is 30.1 Å². The average Bonchev–Trinajstić information content (AvgIpc) is 3.01. The number of amides is 3. The first-order valence-corrected chi connectivity index (χ1v) is 13.0. The maximum absolute atomic E-state index is 15.2. The number of nitrogens with zero attached hydrogens (tertiary/aromatic N) is 1. The van der Waals surface area contributed by atoms with Gasteiger partial charge in [0.15, 0.2) is 6.23 Å². The smallest absolute Gasteiger partial charge is 0.459 e. The van der Waals surface area contributed by atoms with E-state index in [-0.39, 0.29) is 18.7 Å². The lowest BCUT2D eigenvalue weighted by atomic mass is 10.1. The minimum Gasteiger partial charge on any atom is -0.462 e. The summed E-state index contributed by atoms with van der Waals surface area (Å²) < 4.78 is 50.2. The lowest BCUT2D eigenvalue weighted by Crippen LogP contribution is -2.58. The molecule has 0 aliphatic carbocycles. The van der Waals surface area contributed by atoms with Crippen LogP contribution in [-0.4, -0.2) is 76.8 Å². The number of carbonyl (C=O) groups excluding carboxylic acids is 3. The van der Waals surface area contributed by atoms with Gasteiger partial charge in [0.1, 0.15) is 24.0 Å². The molecule has 3 N–H and O–H groups in total. The van der Waals surface area contributed by atoms with Crippen LogP contribution >= 0.6 is 19.3 Å². The third kappa shape index (κ3) is 6.72. The van der Waals surface area contributed by atoms with E-state index in [1.54, 1.807) is 32.0 Å². The second-order valence-corrected chi connectivity index (χ2v) is 10.8. The summed E-state index contributed by atoms with van der Waals surface area (Å²) in [6.07, 6.45) is -5.82. The molecule has 2 aliphatic rings. The number of hydrogen-bond donors (Lipinski definition) is 3. The van der Waals surface area contributed by atoms with Crippen LogP contribution < -0.4 is 14.9 Å². The molecule has 15 heteroatoms. The molecule has 0 saturated carbocycles. The molecule has 0 bridgehead atoms. The third-order valence-electron chi connectivity index (χ3n) is 5.18. The van der Waals surface area contributed by atoms with Gasteiger partial charge in [-0.25, -0.2) is 13.8 Å². The monoisotopic (exact) mass is 551 g/mol. The Labute approximate surface area is 211 Å². The van der Waals surface area contributed by atoms with Crippen LogP contribution in [0, 0.1) is 0 Å². The zero-order valence-corrected chi connectivity index (χ0v) is 21.4. The van der Waals surface area contributed by atoms with E-state index in [9.17, 15) is 24.1 Å². The molecule has 0 spiro atoms. The van der Waals surface area contributed by atoms with Gasteiger partial charge in [0, 0.05) is 13.0 Å². The molecular formula is C21H28ClFN3O9P. The van der Waals surface area contributed by atoms with E-state index >= 15 is 4.39 Å². The number of urea groups is 1. The number of esters is 1. The molecule has 3 rings (SSSR count). The van der Waals surface area contributed by atoms with Crippen molar-refractivity contribution in [3.05, 3.63) is 30.3 Å². The number of ether oxygens (including phenoxy) is 2. The van der Waals surface area contributed by atoms with Crippen molar-refractivity contribution in [1.82, 2.24) is 15.3 Å². The fourth-order valence-corrected chi connectivity index (χ4v) is 5.25. The molecule has 3 amide bonds. The van der Waals surface area contributed by atoms with E-state index in [2.05, 4.69) is 5.09 Å². The predicted molar refractivity (Wildman–Crippen MR) is 124 cm³/mol. The van der Waals surface area contributed by atoms with E-state index in [0.29, 0.717) is 0 Å². The first-order valence-electron chi connectivity index (χ1n) is 11.1. The molecule has 1 aromatic carbocycles. The minimum absolute atomic E-state index is 0.121. The summed E-state index contributed by atoms with van der Waals surface area (Å²) in [6, 6.07) is 5.84. The number of benzene rings is 1. The van der Waals surface area contributed by atoms with Crippen molar-refractivity contribution in [3.8, 4) is 5.75 Å². The van der Waals surface area contributed by atoms with Crippen LogP contribution in [0.15, 0.2) is 30.3 Å². The van der Waals surface area contributed by atoms with Gasteiger partial charge in [0.2, 0.25) is 5.91 Å². The Balaban J connectivity index is 1.74. The molecule has 2 aliphatic heterocycles. The van der Waals surface area contributed by atoms with Crippen molar-refractivity contribution in [2.24, 2.45) is 0 Å². The van der Waals surface area contributed by atoms with Gasteiger partial charge < -0.3 is 19.1 Å². The molecule has 200 valence electrons. The highest BCUT2D eigenvalue weighted by molar-refractivity contribution is 7.52. The van der Waals surface area contributed by atoms with Crippen LogP contribution in [-0.2, 0) is 28.2 Å². The van der Waals surface area contributed by atoms with E-state index in [1.165, 1.54) is 19.1 Å². The highest BCUT2D eigenvalue weighted by Gasteiger charge is 2.60. The number of halogens is 2. The lowest BCUT2D eigenvalue weighted by Gasteiger charge is -2.34. The lowest BCUT2D eigenvalue weighted by molar-refractivity contribution is -0.149. The van der Waals surface area contributed by atoms with Crippen molar-refractivity contribution in [3.63, 3.8) is 0 Å². The largest absolute Gasteiger partial charge is 0.462 e. The van der Waals surface area contributed by atoms with Crippen molar-refractivity contribution in [1.29, 1.82) is 0 Å². The summed E-state index contributed by atoms with van der Waals surface area (Å²) in [5.74, 6) is -1.14. The molecule has 1 aromatic rings. The molecule has 0 aromatic heterocycles. The number of hydrogen-bond acceptors (Lipinski definition) is 9. The normalized spacial score (nSPS) is 29.0.